The van der Waals surface area contributed by atoms with Crippen LogP contribution in [0.15, 0.2) is 0 Å². The van der Waals surface area contributed by atoms with Crippen molar-refractivity contribution in [1.29, 1.82) is 0 Å². The van der Waals surface area contributed by atoms with Gasteiger partial charge in [0.05, 0.1) is 6.54 Å². The standard InChI is InChI=1S/C17H30N4O2/c22-16(19-15-2-3-15)13-20-9-11-21(12-10-20)17(23)4-1-14-5-7-18-8-6-14/h14-15,18H,1-13H2,(H,19,22). The molecule has 0 unspecified atom stereocenters. The fraction of sp³-hybridized carbons (Fsp3) is 0.882. The summed E-state index contributed by atoms with van der Waals surface area (Å²) in [4.78, 5) is 28.3. The van der Waals surface area contributed by atoms with E-state index in [-0.39, 0.29) is 5.91 Å². The van der Waals surface area contributed by atoms with Gasteiger partial charge in [-0.05, 0) is 51.1 Å². The first-order chi connectivity index (χ1) is 11.2. The van der Waals surface area contributed by atoms with Gasteiger partial charge >= 0.3 is 0 Å². The third-order valence-electron chi connectivity index (χ3n) is 5.26. The first kappa shape index (κ1) is 16.7. The van der Waals surface area contributed by atoms with Crippen LogP contribution in [0.5, 0.6) is 0 Å². The molecule has 0 aromatic rings. The Hall–Kier alpha value is -1.14. The van der Waals surface area contributed by atoms with E-state index in [1.54, 1.807) is 0 Å². The van der Waals surface area contributed by atoms with Crippen molar-refractivity contribution in [2.24, 2.45) is 5.92 Å². The summed E-state index contributed by atoms with van der Waals surface area (Å²) in [6, 6.07) is 0.431. The molecular weight excluding hydrogens is 292 g/mol. The van der Waals surface area contributed by atoms with E-state index in [0.717, 1.165) is 58.5 Å². The van der Waals surface area contributed by atoms with E-state index in [9.17, 15) is 9.59 Å². The molecule has 3 aliphatic rings. The Morgan fingerprint density at radius 2 is 1.70 bits per heavy atom. The van der Waals surface area contributed by atoms with Gasteiger partial charge in [-0.2, -0.15) is 0 Å². The average Bonchev–Trinajstić information content (AvgIpc) is 3.38. The minimum Gasteiger partial charge on any atom is -0.352 e. The number of amides is 2. The molecule has 0 atom stereocenters. The predicted molar refractivity (Wildman–Crippen MR) is 89.0 cm³/mol. The van der Waals surface area contributed by atoms with Crippen molar-refractivity contribution in [1.82, 2.24) is 20.4 Å². The van der Waals surface area contributed by atoms with Crippen LogP contribution in [0.2, 0.25) is 0 Å². The molecule has 2 N–H and O–H groups in total. The molecule has 2 amide bonds. The molecule has 1 aliphatic carbocycles. The van der Waals surface area contributed by atoms with E-state index in [2.05, 4.69) is 15.5 Å². The van der Waals surface area contributed by atoms with E-state index in [4.69, 9.17) is 0 Å². The smallest absolute Gasteiger partial charge is 0.234 e. The summed E-state index contributed by atoms with van der Waals surface area (Å²) in [5.41, 5.74) is 0. The minimum absolute atomic E-state index is 0.137. The van der Waals surface area contributed by atoms with Gasteiger partial charge in [0.15, 0.2) is 0 Å². The number of nitrogens with zero attached hydrogens (tertiary/aromatic N) is 2. The fourth-order valence-corrected chi connectivity index (χ4v) is 3.52. The first-order valence-corrected chi connectivity index (χ1v) is 9.21. The summed E-state index contributed by atoms with van der Waals surface area (Å²) < 4.78 is 0. The van der Waals surface area contributed by atoms with Crippen molar-refractivity contribution >= 4 is 11.8 Å². The van der Waals surface area contributed by atoms with Crippen LogP contribution in [0.4, 0.5) is 0 Å². The number of rotatable bonds is 6. The van der Waals surface area contributed by atoms with Crippen LogP contribution in [0.1, 0.15) is 38.5 Å². The Balaban J connectivity index is 1.31. The SMILES string of the molecule is O=C(CN1CCN(C(=O)CCC2CCNCC2)CC1)NC1CC1. The van der Waals surface area contributed by atoms with Gasteiger partial charge in [0, 0.05) is 38.6 Å². The largest absolute Gasteiger partial charge is 0.352 e. The highest BCUT2D eigenvalue weighted by atomic mass is 16.2. The number of hydrogen-bond donors (Lipinski definition) is 2. The summed E-state index contributed by atoms with van der Waals surface area (Å²) in [6.45, 7) is 5.84. The lowest BCUT2D eigenvalue weighted by molar-refractivity contribution is -0.133. The second-order valence-corrected chi connectivity index (χ2v) is 7.23. The Morgan fingerprint density at radius 1 is 1.00 bits per heavy atom. The quantitative estimate of drug-likeness (QED) is 0.733. The summed E-state index contributed by atoms with van der Waals surface area (Å²) >= 11 is 0. The predicted octanol–water partition coefficient (Wildman–Crippen LogP) is 0.189. The van der Waals surface area contributed by atoms with E-state index in [1.165, 1.54) is 12.8 Å². The number of nitrogens with one attached hydrogen (secondary N) is 2. The third kappa shape index (κ3) is 5.46. The van der Waals surface area contributed by atoms with Gasteiger partial charge in [-0.1, -0.05) is 0 Å². The van der Waals surface area contributed by atoms with Gasteiger partial charge in [-0.25, -0.2) is 0 Å². The Kier molecular flexibility index (Phi) is 5.89. The van der Waals surface area contributed by atoms with Gasteiger partial charge < -0.3 is 15.5 Å². The molecule has 3 fully saturated rings. The zero-order valence-electron chi connectivity index (χ0n) is 14.1. The average molecular weight is 322 g/mol. The Labute approximate surface area is 139 Å². The highest BCUT2D eigenvalue weighted by Gasteiger charge is 2.26. The van der Waals surface area contributed by atoms with E-state index < -0.39 is 0 Å². The van der Waals surface area contributed by atoms with Crippen LogP contribution in [0.3, 0.4) is 0 Å². The van der Waals surface area contributed by atoms with Crippen LogP contribution in [-0.4, -0.2) is 73.5 Å². The Morgan fingerprint density at radius 3 is 2.35 bits per heavy atom. The fourth-order valence-electron chi connectivity index (χ4n) is 3.52. The normalized spacial score (nSPS) is 23.7. The highest BCUT2D eigenvalue weighted by Crippen LogP contribution is 2.19. The van der Waals surface area contributed by atoms with Crippen molar-refractivity contribution in [3.8, 4) is 0 Å². The van der Waals surface area contributed by atoms with Crippen LogP contribution < -0.4 is 10.6 Å². The second kappa shape index (κ2) is 8.11. The molecule has 2 aliphatic heterocycles. The molecule has 3 rings (SSSR count). The van der Waals surface area contributed by atoms with E-state index in [0.29, 0.717) is 30.8 Å². The summed E-state index contributed by atoms with van der Waals surface area (Å²) in [5, 5.41) is 6.39. The lowest BCUT2D eigenvalue weighted by Crippen LogP contribution is -2.51. The van der Waals surface area contributed by atoms with Crippen LogP contribution in [0.25, 0.3) is 0 Å². The minimum atomic E-state index is 0.137. The number of piperazine rings is 1. The molecular formula is C17H30N4O2. The topological polar surface area (TPSA) is 64.7 Å². The van der Waals surface area contributed by atoms with Crippen LogP contribution in [0, 0.1) is 5.92 Å². The zero-order valence-corrected chi connectivity index (χ0v) is 14.1. The molecule has 130 valence electrons. The molecule has 6 heteroatoms. The van der Waals surface area contributed by atoms with Gasteiger partial charge in [-0.15, -0.1) is 0 Å². The lowest BCUT2D eigenvalue weighted by Gasteiger charge is -2.34. The molecule has 23 heavy (non-hydrogen) atoms. The molecule has 6 nitrogen and oxygen atoms in total. The molecule has 0 bridgehead atoms. The first-order valence-electron chi connectivity index (χ1n) is 9.21. The molecule has 2 heterocycles. The number of carbonyl (C=O) groups is 2. The lowest BCUT2D eigenvalue weighted by atomic mass is 9.93. The number of hydrogen-bond acceptors (Lipinski definition) is 4. The summed E-state index contributed by atoms with van der Waals surface area (Å²) in [6.07, 6.45) is 6.39. The summed E-state index contributed by atoms with van der Waals surface area (Å²) in [5.74, 6) is 1.15. The van der Waals surface area contributed by atoms with Crippen molar-refractivity contribution in [2.75, 3.05) is 45.8 Å². The van der Waals surface area contributed by atoms with Crippen LogP contribution in [-0.2, 0) is 9.59 Å². The van der Waals surface area contributed by atoms with Crippen molar-refractivity contribution < 1.29 is 9.59 Å². The highest BCUT2D eigenvalue weighted by molar-refractivity contribution is 5.79. The zero-order chi connectivity index (χ0) is 16.1. The van der Waals surface area contributed by atoms with E-state index >= 15 is 0 Å². The maximum atomic E-state index is 12.3. The van der Waals surface area contributed by atoms with Crippen molar-refractivity contribution in [2.45, 2.75) is 44.6 Å². The Bertz CT molecular complexity index is 411. The monoisotopic (exact) mass is 322 g/mol. The van der Waals surface area contributed by atoms with Gasteiger partial charge in [0.1, 0.15) is 0 Å². The molecule has 0 radical (unpaired) electrons. The van der Waals surface area contributed by atoms with Gasteiger partial charge in [0.2, 0.25) is 11.8 Å². The maximum absolute atomic E-state index is 12.3. The maximum Gasteiger partial charge on any atom is 0.234 e. The van der Waals surface area contributed by atoms with Gasteiger partial charge in [-0.3, -0.25) is 14.5 Å². The number of carbonyl (C=O) groups excluding carboxylic acids is 2. The van der Waals surface area contributed by atoms with Crippen LogP contribution >= 0.6 is 0 Å². The van der Waals surface area contributed by atoms with Gasteiger partial charge in [0.25, 0.3) is 0 Å². The third-order valence-corrected chi connectivity index (χ3v) is 5.26. The molecule has 0 spiro atoms. The second-order valence-electron chi connectivity index (χ2n) is 7.23. The summed E-state index contributed by atoms with van der Waals surface area (Å²) in [7, 11) is 0. The number of piperidine rings is 1. The molecule has 1 saturated carbocycles. The van der Waals surface area contributed by atoms with Crippen molar-refractivity contribution in [3.63, 3.8) is 0 Å². The molecule has 0 aromatic heterocycles. The molecule has 2 saturated heterocycles. The van der Waals surface area contributed by atoms with E-state index in [1.807, 2.05) is 4.90 Å². The molecule has 0 aromatic carbocycles. The van der Waals surface area contributed by atoms with Crippen molar-refractivity contribution in [3.05, 3.63) is 0 Å².